The maximum Gasteiger partial charge on any atom is 0.232 e. The van der Waals surface area contributed by atoms with Crippen molar-refractivity contribution in [2.24, 2.45) is 10.8 Å². The van der Waals surface area contributed by atoms with Crippen LogP contribution in [0.1, 0.15) is 41.5 Å². The highest BCUT2D eigenvalue weighted by Crippen LogP contribution is 2.35. The second kappa shape index (κ2) is 7.12. The van der Waals surface area contributed by atoms with Gasteiger partial charge in [0.15, 0.2) is 0 Å². The van der Waals surface area contributed by atoms with Crippen LogP contribution in [0.3, 0.4) is 0 Å². The number of anilines is 2. The molecule has 2 aromatic rings. The van der Waals surface area contributed by atoms with Crippen LogP contribution in [0.5, 0.6) is 0 Å². The Morgan fingerprint density at radius 1 is 0.962 bits per heavy atom. The van der Waals surface area contributed by atoms with Gasteiger partial charge < -0.3 is 5.32 Å². The lowest BCUT2D eigenvalue weighted by Crippen LogP contribution is -2.30. The number of rotatable bonds is 2. The molecule has 0 saturated heterocycles. The molecule has 0 unspecified atom stereocenters. The highest BCUT2D eigenvalue weighted by molar-refractivity contribution is 9.10. The number of halogens is 2. The number of carbonyl (C=O) groups is 2. The summed E-state index contributed by atoms with van der Waals surface area (Å²) in [6.07, 6.45) is 0. The molecule has 1 aromatic heterocycles. The van der Waals surface area contributed by atoms with Gasteiger partial charge in [0.1, 0.15) is 5.82 Å². The minimum Gasteiger partial charge on any atom is -0.310 e. The van der Waals surface area contributed by atoms with E-state index in [1.807, 2.05) is 0 Å². The molecule has 0 spiro atoms. The van der Waals surface area contributed by atoms with Gasteiger partial charge in [0.25, 0.3) is 0 Å². The lowest BCUT2D eigenvalue weighted by molar-refractivity contribution is -0.123. The number of carbonyl (C=O) groups excluding carboxylic acids is 2. The molecule has 0 radical (unpaired) electrons. The van der Waals surface area contributed by atoms with Crippen LogP contribution in [-0.2, 0) is 9.59 Å². The lowest BCUT2D eigenvalue weighted by atomic mass is 9.95. The molecule has 140 valence electrons. The van der Waals surface area contributed by atoms with Crippen molar-refractivity contribution in [2.75, 3.05) is 10.6 Å². The number of hydrogen-bond acceptors (Lipinski definition) is 4. The Labute approximate surface area is 166 Å². The molecule has 0 aliphatic carbocycles. The highest BCUT2D eigenvalue weighted by atomic mass is 79.9. The Kier molecular flexibility index (Phi) is 5.63. The second-order valence-electron chi connectivity index (χ2n) is 8.06. The van der Waals surface area contributed by atoms with E-state index >= 15 is 0 Å². The van der Waals surface area contributed by atoms with Gasteiger partial charge in [-0.3, -0.25) is 14.9 Å². The quantitative estimate of drug-likeness (QED) is 0.685. The number of benzene rings is 1. The molecule has 0 aliphatic rings. The molecular weight excluding hydrogens is 420 g/mol. The molecule has 0 atom stereocenters. The number of aromatic nitrogens is 2. The highest BCUT2D eigenvalue weighted by Gasteiger charge is 2.26. The molecule has 1 heterocycles. The Hall–Kier alpha value is -1.73. The van der Waals surface area contributed by atoms with E-state index in [0.29, 0.717) is 20.4 Å². The summed E-state index contributed by atoms with van der Waals surface area (Å²) in [4.78, 5) is 33.4. The third kappa shape index (κ3) is 4.51. The van der Waals surface area contributed by atoms with E-state index < -0.39 is 10.8 Å². The lowest BCUT2D eigenvalue weighted by Gasteiger charge is -2.20. The Balaban J connectivity index is 2.60. The predicted molar refractivity (Wildman–Crippen MR) is 108 cm³/mol. The van der Waals surface area contributed by atoms with Crippen molar-refractivity contribution in [3.63, 3.8) is 0 Å². The zero-order valence-corrected chi connectivity index (χ0v) is 18.0. The fourth-order valence-electron chi connectivity index (χ4n) is 1.89. The SMILES string of the molecule is CC(C)(C)C(=O)Nc1nc(NC(=O)C(C)(C)C)c2c(Cl)c(Br)ccc2n1. The standard InChI is InChI=1S/C18H22BrClN4O2/c1-17(2,3)14(25)22-13-11-10(8-7-9(19)12(11)20)21-16(23-13)24-15(26)18(4,5)6/h7-8H,1-6H3,(H2,21,22,23,24,25,26). The van der Waals surface area contributed by atoms with E-state index in [2.05, 4.69) is 36.5 Å². The van der Waals surface area contributed by atoms with E-state index in [1.165, 1.54) is 0 Å². The number of amides is 2. The van der Waals surface area contributed by atoms with Gasteiger partial charge in [-0.2, -0.15) is 4.98 Å². The summed E-state index contributed by atoms with van der Waals surface area (Å²) >= 11 is 9.77. The maximum atomic E-state index is 12.5. The Morgan fingerprint density at radius 3 is 2.04 bits per heavy atom. The van der Waals surface area contributed by atoms with Crippen molar-refractivity contribution in [3.8, 4) is 0 Å². The molecule has 2 rings (SSSR count). The first-order valence-electron chi connectivity index (χ1n) is 8.09. The fraction of sp³-hybridized carbons (Fsp3) is 0.444. The van der Waals surface area contributed by atoms with E-state index in [4.69, 9.17) is 11.6 Å². The topological polar surface area (TPSA) is 84.0 Å². The van der Waals surface area contributed by atoms with E-state index in [9.17, 15) is 9.59 Å². The summed E-state index contributed by atoms with van der Waals surface area (Å²) in [5, 5.41) is 6.39. The number of hydrogen-bond donors (Lipinski definition) is 2. The Morgan fingerprint density at radius 2 is 1.50 bits per heavy atom. The van der Waals surface area contributed by atoms with Crippen molar-refractivity contribution in [3.05, 3.63) is 21.6 Å². The first-order chi connectivity index (χ1) is 11.8. The summed E-state index contributed by atoms with van der Waals surface area (Å²) in [7, 11) is 0. The van der Waals surface area contributed by atoms with Crippen LogP contribution in [0.15, 0.2) is 16.6 Å². The number of fused-ring (bicyclic) bond motifs is 1. The van der Waals surface area contributed by atoms with Crippen molar-refractivity contribution < 1.29 is 9.59 Å². The number of nitrogens with zero attached hydrogens (tertiary/aromatic N) is 2. The molecule has 0 fully saturated rings. The summed E-state index contributed by atoms with van der Waals surface area (Å²) in [6.45, 7) is 10.8. The zero-order valence-electron chi connectivity index (χ0n) is 15.6. The van der Waals surface area contributed by atoms with Crippen molar-refractivity contribution in [2.45, 2.75) is 41.5 Å². The van der Waals surface area contributed by atoms with Crippen LogP contribution >= 0.6 is 27.5 Å². The monoisotopic (exact) mass is 440 g/mol. The second-order valence-corrected chi connectivity index (χ2v) is 9.29. The average Bonchev–Trinajstić information content (AvgIpc) is 2.49. The smallest absolute Gasteiger partial charge is 0.232 e. The molecule has 26 heavy (non-hydrogen) atoms. The molecule has 8 heteroatoms. The fourth-order valence-corrected chi connectivity index (χ4v) is 2.47. The van der Waals surface area contributed by atoms with E-state index in [1.54, 1.807) is 53.7 Å². The van der Waals surface area contributed by atoms with Gasteiger partial charge in [-0.25, -0.2) is 4.98 Å². The first kappa shape index (κ1) is 20.6. The van der Waals surface area contributed by atoms with Gasteiger partial charge in [-0.1, -0.05) is 53.1 Å². The minimum atomic E-state index is -0.620. The first-order valence-corrected chi connectivity index (χ1v) is 9.26. The van der Waals surface area contributed by atoms with E-state index in [-0.39, 0.29) is 23.6 Å². The number of nitrogens with one attached hydrogen (secondary N) is 2. The van der Waals surface area contributed by atoms with Gasteiger partial charge in [0, 0.05) is 15.3 Å². The molecular formula is C18H22BrClN4O2. The molecule has 0 bridgehead atoms. The third-order valence-corrected chi connectivity index (χ3v) is 4.86. The summed E-state index contributed by atoms with van der Waals surface area (Å²) < 4.78 is 0.660. The molecule has 2 amide bonds. The van der Waals surface area contributed by atoms with Crippen LogP contribution in [0.4, 0.5) is 11.8 Å². The van der Waals surface area contributed by atoms with Crippen LogP contribution in [-0.4, -0.2) is 21.8 Å². The summed E-state index contributed by atoms with van der Waals surface area (Å²) in [5.41, 5.74) is -0.712. The van der Waals surface area contributed by atoms with Gasteiger partial charge in [0.2, 0.25) is 17.8 Å². The molecule has 0 saturated carbocycles. The van der Waals surface area contributed by atoms with Crippen LogP contribution < -0.4 is 10.6 Å². The molecule has 1 aromatic carbocycles. The van der Waals surface area contributed by atoms with Crippen molar-refractivity contribution >= 4 is 62.0 Å². The third-order valence-electron chi connectivity index (χ3n) is 3.57. The zero-order chi connectivity index (χ0) is 19.9. The molecule has 6 nitrogen and oxygen atoms in total. The van der Waals surface area contributed by atoms with Crippen LogP contribution in [0.2, 0.25) is 5.02 Å². The minimum absolute atomic E-state index is 0.111. The van der Waals surface area contributed by atoms with Gasteiger partial charge in [0.05, 0.1) is 15.9 Å². The Bertz CT molecular complexity index is 885. The predicted octanol–water partition coefficient (Wildman–Crippen LogP) is 5.01. The maximum absolute atomic E-state index is 12.5. The normalized spacial score (nSPS) is 12.2. The average molecular weight is 442 g/mol. The van der Waals surface area contributed by atoms with Crippen molar-refractivity contribution in [1.82, 2.24) is 9.97 Å². The summed E-state index contributed by atoms with van der Waals surface area (Å²) in [6, 6.07) is 3.49. The van der Waals surface area contributed by atoms with E-state index in [0.717, 1.165) is 0 Å². The largest absolute Gasteiger partial charge is 0.310 e. The van der Waals surface area contributed by atoms with Gasteiger partial charge >= 0.3 is 0 Å². The van der Waals surface area contributed by atoms with Crippen molar-refractivity contribution in [1.29, 1.82) is 0 Å². The van der Waals surface area contributed by atoms with Crippen LogP contribution in [0.25, 0.3) is 10.9 Å². The van der Waals surface area contributed by atoms with Gasteiger partial charge in [-0.15, -0.1) is 0 Å². The van der Waals surface area contributed by atoms with Crippen LogP contribution in [0, 0.1) is 10.8 Å². The molecule has 0 aliphatic heterocycles. The molecule has 2 N–H and O–H groups in total. The summed E-state index contributed by atoms with van der Waals surface area (Å²) in [5.74, 6) is -0.0831. The van der Waals surface area contributed by atoms with Gasteiger partial charge in [-0.05, 0) is 28.1 Å².